The van der Waals surface area contributed by atoms with Crippen LogP contribution >= 0.6 is 0 Å². The van der Waals surface area contributed by atoms with Crippen LogP contribution in [0, 0.1) is 6.92 Å². The number of carbonyl (C=O) groups excluding carboxylic acids is 1. The molecule has 0 unspecified atom stereocenters. The molecule has 0 saturated carbocycles. The number of fused-ring (bicyclic) bond motifs is 1. The third kappa shape index (κ3) is 2.49. The van der Waals surface area contributed by atoms with Crippen LogP contribution in [0.1, 0.15) is 19.4 Å². The van der Waals surface area contributed by atoms with Crippen molar-refractivity contribution in [3.05, 3.63) is 36.0 Å². The predicted octanol–water partition coefficient (Wildman–Crippen LogP) is 2.47. The van der Waals surface area contributed by atoms with E-state index in [1.54, 1.807) is 0 Å². The van der Waals surface area contributed by atoms with Crippen LogP contribution in [0.4, 0.5) is 0 Å². The molecule has 0 spiro atoms. The summed E-state index contributed by atoms with van der Waals surface area (Å²) in [6.45, 7) is 6.40. The Kier molecular flexibility index (Phi) is 3.18. The van der Waals surface area contributed by atoms with Gasteiger partial charge in [-0.25, -0.2) is 0 Å². The van der Waals surface area contributed by atoms with Crippen molar-refractivity contribution in [2.45, 2.75) is 33.4 Å². The van der Waals surface area contributed by atoms with Crippen LogP contribution < -0.4 is 5.32 Å². The SMILES string of the molecule is Cc1cccc2c1ccn2CC(=O)NC(C)C. The van der Waals surface area contributed by atoms with E-state index in [-0.39, 0.29) is 11.9 Å². The molecule has 0 radical (unpaired) electrons. The van der Waals surface area contributed by atoms with E-state index in [2.05, 4.69) is 24.4 Å². The molecule has 1 amide bonds. The molecule has 3 nitrogen and oxygen atoms in total. The highest BCUT2D eigenvalue weighted by molar-refractivity contribution is 5.85. The number of hydrogen-bond donors (Lipinski definition) is 1. The molecule has 17 heavy (non-hydrogen) atoms. The summed E-state index contributed by atoms with van der Waals surface area (Å²) in [5, 5.41) is 4.11. The first-order valence-corrected chi connectivity index (χ1v) is 5.92. The van der Waals surface area contributed by atoms with Crippen molar-refractivity contribution in [3.63, 3.8) is 0 Å². The molecule has 0 aliphatic heterocycles. The van der Waals surface area contributed by atoms with E-state index < -0.39 is 0 Å². The van der Waals surface area contributed by atoms with E-state index in [0.29, 0.717) is 6.54 Å². The van der Waals surface area contributed by atoms with E-state index in [4.69, 9.17) is 0 Å². The summed E-state index contributed by atoms with van der Waals surface area (Å²) in [5.74, 6) is 0.0546. The highest BCUT2D eigenvalue weighted by Gasteiger charge is 2.07. The Hall–Kier alpha value is -1.77. The van der Waals surface area contributed by atoms with Gasteiger partial charge >= 0.3 is 0 Å². The summed E-state index contributed by atoms with van der Waals surface area (Å²) in [6.07, 6.45) is 1.97. The molecule has 0 saturated heterocycles. The number of carbonyl (C=O) groups is 1. The molecule has 90 valence electrons. The molecular formula is C14H18N2O. The van der Waals surface area contributed by atoms with Gasteiger partial charge in [0.25, 0.3) is 0 Å². The Morgan fingerprint density at radius 2 is 2.12 bits per heavy atom. The molecule has 0 atom stereocenters. The van der Waals surface area contributed by atoms with Gasteiger partial charge in [0.05, 0.1) is 0 Å². The number of nitrogens with zero attached hydrogens (tertiary/aromatic N) is 1. The third-order valence-electron chi connectivity index (χ3n) is 2.80. The first-order chi connectivity index (χ1) is 8.08. The zero-order valence-electron chi connectivity index (χ0n) is 10.5. The first-order valence-electron chi connectivity index (χ1n) is 5.92. The highest BCUT2D eigenvalue weighted by atomic mass is 16.2. The van der Waals surface area contributed by atoms with Crippen molar-refractivity contribution in [3.8, 4) is 0 Å². The van der Waals surface area contributed by atoms with Crippen LogP contribution in [-0.2, 0) is 11.3 Å². The fourth-order valence-electron chi connectivity index (χ4n) is 2.04. The van der Waals surface area contributed by atoms with Gasteiger partial charge in [-0.2, -0.15) is 0 Å². The molecule has 3 heteroatoms. The van der Waals surface area contributed by atoms with E-state index in [9.17, 15) is 4.79 Å². The van der Waals surface area contributed by atoms with E-state index in [0.717, 1.165) is 5.52 Å². The number of benzene rings is 1. The van der Waals surface area contributed by atoms with Crippen LogP contribution in [-0.4, -0.2) is 16.5 Å². The molecule has 0 aliphatic carbocycles. The second kappa shape index (κ2) is 4.62. The Bertz CT molecular complexity index is 540. The average Bonchev–Trinajstić information content (AvgIpc) is 2.62. The van der Waals surface area contributed by atoms with Gasteiger partial charge in [0.15, 0.2) is 0 Å². The molecule has 2 rings (SSSR count). The van der Waals surface area contributed by atoms with Crippen molar-refractivity contribution < 1.29 is 4.79 Å². The molecule has 1 aromatic heterocycles. The molecule has 2 aromatic rings. The smallest absolute Gasteiger partial charge is 0.240 e. The number of amides is 1. The van der Waals surface area contributed by atoms with E-state index >= 15 is 0 Å². The molecule has 1 heterocycles. The van der Waals surface area contributed by atoms with Crippen LogP contribution in [0.2, 0.25) is 0 Å². The minimum atomic E-state index is 0.0546. The molecule has 1 aromatic carbocycles. The third-order valence-corrected chi connectivity index (χ3v) is 2.80. The summed E-state index contributed by atoms with van der Waals surface area (Å²) in [4.78, 5) is 11.7. The van der Waals surface area contributed by atoms with Crippen LogP contribution in [0.3, 0.4) is 0 Å². The van der Waals surface area contributed by atoms with Crippen LogP contribution in [0.5, 0.6) is 0 Å². The van der Waals surface area contributed by atoms with Crippen molar-refractivity contribution in [2.75, 3.05) is 0 Å². The van der Waals surface area contributed by atoms with Crippen molar-refractivity contribution in [1.29, 1.82) is 0 Å². The minimum Gasteiger partial charge on any atom is -0.352 e. The summed E-state index contributed by atoms with van der Waals surface area (Å²) >= 11 is 0. The van der Waals surface area contributed by atoms with Gasteiger partial charge in [0.1, 0.15) is 6.54 Å². The van der Waals surface area contributed by atoms with Gasteiger partial charge in [-0.1, -0.05) is 12.1 Å². The first kappa shape index (κ1) is 11.7. The zero-order valence-corrected chi connectivity index (χ0v) is 10.5. The van der Waals surface area contributed by atoms with Gasteiger partial charge in [-0.05, 0) is 38.5 Å². The minimum absolute atomic E-state index is 0.0546. The normalized spacial score (nSPS) is 11.1. The molecule has 1 N–H and O–H groups in total. The zero-order chi connectivity index (χ0) is 12.4. The number of aromatic nitrogens is 1. The monoisotopic (exact) mass is 230 g/mol. The highest BCUT2D eigenvalue weighted by Crippen LogP contribution is 2.19. The Morgan fingerprint density at radius 3 is 2.82 bits per heavy atom. The van der Waals surface area contributed by atoms with Gasteiger partial charge < -0.3 is 9.88 Å². The van der Waals surface area contributed by atoms with Crippen molar-refractivity contribution >= 4 is 16.8 Å². The van der Waals surface area contributed by atoms with E-state index in [1.807, 2.05) is 36.7 Å². The fourth-order valence-corrected chi connectivity index (χ4v) is 2.04. The van der Waals surface area contributed by atoms with Gasteiger partial charge in [0, 0.05) is 23.1 Å². The number of hydrogen-bond acceptors (Lipinski definition) is 1. The predicted molar refractivity (Wildman–Crippen MR) is 70.0 cm³/mol. The average molecular weight is 230 g/mol. The van der Waals surface area contributed by atoms with Crippen LogP contribution in [0.15, 0.2) is 30.5 Å². The lowest BCUT2D eigenvalue weighted by molar-refractivity contribution is -0.122. The number of aryl methyl sites for hydroxylation is 1. The Balaban J connectivity index is 2.25. The molecule has 0 bridgehead atoms. The maximum atomic E-state index is 11.7. The summed E-state index contributed by atoms with van der Waals surface area (Å²) < 4.78 is 1.99. The maximum Gasteiger partial charge on any atom is 0.240 e. The standard InChI is InChI=1S/C14H18N2O/c1-10(2)15-14(17)9-16-8-7-12-11(3)5-4-6-13(12)16/h4-8,10H,9H2,1-3H3,(H,15,17). The quantitative estimate of drug-likeness (QED) is 0.863. The second-order valence-electron chi connectivity index (χ2n) is 4.67. The topological polar surface area (TPSA) is 34.0 Å². The summed E-state index contributed by atoms with van der Waals surface area (Å²) in [6, 6.07) is 8.40. The number of rotatable bonds is 3. The molecule has 0 fully saturated rings. The van der Waals surface area contributed by atoms with Gasteiger partial charge in [-0.3, -0.25) is 4.79 Å². The lowest BCUT2D eigenvalue weighted by Gasteiger charge is -2.10. The lowest BCUT2D eigenvalue weighted by Crippen LogP contribution is -2.32. The van der Waals surface area contributed by atoms with Crippen LogP contribution in [0.25, 0.3) is 10.9 Å². The van der Waals surface area contributed by atoms with Crippen molar-refractivity contribution in [2.24, 2.45) is 0 Å². The largest absolute Gasteiger partial charge is 0.352 e. The second-order valence-corrected chi connectivity index (χ2v) is 4.67. The summed E-state index contributed by atoms with van der Waals surface area (Å²) in [5.41, 5.74) is 2.36. The van der Waals surface area contributed by atoms with Gasteiger partial charge in [0.2, 0.25) is 5.91 Å². The number of nitrogens with one attached hydrogen (secondary N) is 1. The molecule has 0 aliphatic rings. The fraction of sp³-hybridized carbons (Fsp3) is 0.357. The van der Waals surface area contributed by atoms with Crippen molar-refractivity contribution in [1.82, 2.24) is 9.88 Å². The Morgan fingerprint density at radius 1 is 1.35 bits per heavy atom. The van der Waals surface area contributed by atoms with Gasteiger partial charge in [-0.15, -0.1) is 0 Å². The van der Waals surface area contributed by atoms with E-state index in [1.165, 1.54) is 10.9 Å². The Labute approximate surface area is 101 Å². The maximum absolute atomic E-state index is 11.7. The summed E-state index contributed by atoms with van der Waals surface area (Å²) in [7, 11) is 0. The molecular weight excluding hydrogens is 212 g/mol. The lowest BCUT2D eigenvalue weighted by atomic mass is 10.1.